The summed E-state index contributed by atoms with van der Waals surface area (Å²) in [5.74, 6) is 0.815. The van der Waals surface area contributed by atoms with E-state index in [4.69, 9.17) is 4.74 Å². The Labute approximate surface area is 84.4 Å². The van der Waals surface area contributed by atoms with Crippen molar-refractivity contribution >= 4 is 5.91 Å². The number of piperidine rings is 1. The summed E-state index contributed by atoms with van der Waals surface area (Å²) in [5, 5.41) is 0. The molecule has 3 fully saturated rings. The zero-order chi connectivity index (χ0) is 9.92. The van der Waals surface area contributed by atoms with Crippen molar-refractivity contribution in [2.75, 3.05) is 6.61 Å². The second kappa shape index (κ2) is 2.51. The van der Waals surface area contributed by atoms with Crippen LogP contribution >= 0.6 is 0 Å². The van der Waals surface area contributed by atoms with E-state index >= 15 is 0 Å². The molecule has 3 aliphatic rings. The zero-order valence-electron chi connectivity index (χ0n) is 8.82. The largest absolute Gasteiger partial charge is 0.371 e. The van der Waals surface area contributed by atoms with Crippen LogP contribution in [0.5, 0.6) is 0 Å². The van der Waals surface area contributed by atoms with E-state index < -0.39 is 0 Å². The molecule has 2 heterocycles. The van der Waals surface area contributed by atoms with Gasteiger partial charge in [-0.05, 0) is 5.92 Å². The fourth-order valence-electron chi connectivity index (χ4n) is 3.04. The maximum atomic E-state index is 11.9. The molecule has 3 nitrogen and oxygen atoms in total. The lowest BCUT2D eigenvalue weighted by atomic mass is 10.1. The van der Waals surface area contributed by atoms with Crippen LogP contribution in [0, 0.1) is 5.92 Å². The number of likely N-dealkylation sites (tertiary alicyclic amines) is 1. The van der Waals surface area contributed by atoms with Gasteiger partial charge in [0, 0.05) is 19.3 Å². The van der Waals surface area contributed by atoms with Crippen LogP contribution in [0.2, 0.25) is 0 Å². The fourth-order valence-corrected chi connectivity index (χ4v) is 3.04. The third kappa shape index (κ3) is 0.991. The lowest BCUT2D eigenvalue weighted by molar-refractivity contribution is -0.136. The minimum atomic E-state index is 0.122. The molecule has 0 radical (unpaired) electrons. The molecule has 0 aromatic rings. The van der Waals surface area contributed by atoms with E-state index in [-0.39, 0.29) is 5.60 Å². The SMILES string of the molecule is CC(C)CC(=O)N1C2COC3(C2)CC13. The van der Waals surface area contributed by atoms with Crippen molar-refractivity contribution in [3.05, 3.63) is 0 Å². The Kier molecular flexibility index (Phi) is 1.56. The van der Waals surface area contributed by atoms with Crippen LogP contribution in [0.25, 0.3) is 0 Å². The Morgan fingerprint density at radius 3 is 2.93 bits per heavy atom. The lowest BCUT2D eigenvalue weighted by Crippen LogP contribution is -2.42. The van der Waals surface area contributed by atoms with Crippen LogP contribution < -0.4 is 0 Å². The van der Waals surface area contributed by atoms with Gasteiger partial charge in [0.05, 0.1) is 24.3 Å². The number of hydrogen-bond donors (Lipinski definition) is 0. The van der Waals surface area contributed by atoms with Gasteiger partial charge in [0.2, 0.25) is 5.91 Å². The molecule has 14 heavy (non-hydrogen) atoms. The van der Waals surface area contributed by atoms with E-state index in [2.05, 4.69) is 18.7 Å². The molecule has 3 rings (SSSR count). The van der Waals surface area contributed by atoms with E-state index in [9.17, 15) is 4.79 Å². The highest BCUT2D eigenvalue weighted by molar-refractivity contribution is 5.79. The van der Waals surface area contributed by atoms with Crippen molar-refractivity contribution in [1.29, 1.82) is 0 Å². The molecule has 3 unspecified atom stereocenters. The number of amides is 1. The molecule has 1 spiro atoms. The van der Waals surface area contributed by atoms with Crippen LogP contribution in [0.3, 0.4) is 0 Å². The molecule has 2 aliphatic heterocycles. The molecule has 3 heteroatoms. The minimum Gasteiger partial charge on any atom is -0.371 e. The summed E-state index contributed by atoms with van der Waals surface area (Å²) in [6, 6.07) is 0.840. The highest BCUT2D eigenvalue weighted by Gasteiger charge is 2.70. The fraction of sp³-hybridized carbons (Fsp3) is 0.909. The summed E-state index contributed by atoms with van der Waals surface area (Å²) in [4.78, 5) is 14.1. The van der Waals surface area contributed by atoms with Crippen molar-refractivity contribution in [2.24, 2.45) is 5.92 Å². The summed E-state index contributed by atoms with van der Waals surface area (Å²) in [5.41, 5.74) is 0.122. The maximum absolute atomic E-state index is 11.9. The smallest absolute Gasteiger partial charge is 0.223 e. The molecule has 3 atom stereocenters. The summed E-state index contributed by atoms with van der Waals surface area (Å²) in [6.45, 7) is 4.98. The van der Waals surface area contributed by atoms with Crippen LogP contribution in [-0.4, -0.2) is 35.1 Å². The van der Waals surface area contributed by atoms with Gasteiger partial charge in [0.1, 0.15) is 0 Å². The monoisotopic (exact) mass is 195 g/mol. The Morgan fingerprint density at radius 1 is 1.57 bits per heavy atom. The van der Waals surface area contributed by atoms with Gasteiger partial charge in [0.15, 0.2) is 0 Å². The first-order valence-electron chi connectivity index (χ1n) is 5.57. The Balaban J connectivity index is 1.72. The van der Waals surface area contributed by atoms with Crippen molar-refractivity contribution in [1.82, 2.24) is 4.90 Å². The highest BCUT2D eigenvalue weighted by Crippen LogP contribution is 2.58. The van der Waals surface area contributed by atoms with Crippen molar-refractivity contribution in [3.63, 3.8) is 0 Å². The van der Waals surface area contributed by atoms with Gasteiger partial charge in [0.25, 0.3) is 0 Å². The standard InChI is InChI=1S/C11H17NO2/c1-7(2)3-10(13)12-8-4-11(14-6-8)5-9(11)12/h7-9H,3-6H2,1-2H3. The van der Waals surface area contributed by atoms with Crippen LogP contribution in [0.15, 0.2) is 0 Å². The highest BCUT2D eigenvalue weighted by atomic mass is 16.5. The van der Waals surface area contributed by atoms with Gasteiger partial charge >= 0.3 is 0 Å². The van der Waals surface area contributed by atoms with Gasteiger partial charge in [-0.25, -0.2) is 0 Å². The maximum Gasteiger partial charge on any atom is 0.223 e. The third-order valence-electron chi connectivity index (χ3n) is 3.73. The lowest BCUT2D eigenvalue weighted by Gasteiger charge is -2.27. The van der Waals surface area contributed by atoms with Gasteiger partial charge in [-0.2, -0.15) is 0 Å². The van der Waals surface area contributed by atoms with E-state index in [0.717, 1.165) is 19.4 Å². The first kappa shape index (κ1) is 8.72. The van der Waals surface area contributed by atoms with E-state index in [1.165, 1.54) is 0 Å². The number of carbonyl (C=O) groups is 1. The molecule has 78 valence electrons. The van der Waals surface area contributed by atoms with E-state index in [0.29, 0.717) is 30.3 Å². The number of morpholine rings is 1. The Hall–Kier alpha value is -0.570. The first-order chi connectivity index (χ1) is 6.62. The molecule has 0 N–H and O–H groups in total. The summed E-state index contributed by atoms with van der Waals surface area (Å²) < 4.78 is 5.70. The third-order valence-corrected chi connectivity index (χ3v) is 3.73. The Morgan fingerprint density at radius 2 is 2.36 bits per heavy atom. The average Bonchev–Trinajstić information content (AvgIpc) is 2.49. The van der Waals surface area contributed by atoms with Crippen LogP contribution in [-0.2, 0) is 9.53 Å². The minimum absolute atomic E-state index is 0.122. The second-order valence-corrected chi connectivity index (χ2v) is 5.35. The molecule has 1 saturated carbocycles. The predicted molar refractivity (Wildman–Crippen MR) is 51.8 cm³/mol. The van der Waals surface area contributed by atoms with E-state index in [1.54, 1.807) is 0 Å². The van der Waals surface area contributed by atoms with Gasteiger partial charge in [-0.1, -0.05) is 13.8 Å². The normalized spacial score (nSPS) is 43.2. The number of carbonyl (C=O) groups excluding carboxylic acids is 1. The Bertz CT molecular complexity index is 285. The topological polar surface area (TPSA) is 29.5 Å². The molecule has 2 saturated heterocycles. The van der Waals surface area contributed by atoms with Gasteiger partial charge in [-0.15, -0.1) is 0 Å². The van der Waals surface area contributed by atoms with Crippen LogP contribution in [0.1, 0.15) is 33.1 Å². The molecule has 1 amide bonds. The second-order valence-electron chi connectivity index (χ2n) is 5.35. The van der Waals surface area contributed by atoms with Crippen molar-refractivity contribution < 1.29 is 9.53 Å². The predicted octanol–water partition coefficient (Wildman–Crippen LogP) is 1.17. The molecular formula is C11H17NO2. The average molecular weight is 195 g/mol. The van der Waals surface area contributed by atoms with Gasteiger partial charge in [-0.3, -0.25) is 4.79 Å². The molecule has 2 bridgehead atoms. The van der Waals surface area contributed by atoms with Crippen LogP contribution in [0.4, 0.5) is 0 Å². The molecule has 0 aromatic heterocycles. The molecule has 1 aliphatic carbocycles. The summed E-state index contributed by atoms with van der Waals surface area (Å²) >= 11 is 0. The van der Waals surface area contributed by atoms with Crippen molar-refractivity contribution in [3.8, 4) is 0 Å². The zero-order valence-corrected chi connectivity index (χ0v) is 8.82. The van der Waals surface area contributed by atoms with Gasteiger partial charge < -0.3 is 9.64 Å². The number of rotatable bonds is 2. The first-order valence-corrected chi connectivity index (χ1v) is 5.57. The van der Waals surface area contributed by atoms with Crippen molar-refractivity contribution in [2.45, 2.75) is 50.8 Å². The number of nitrogens with zero attached hydrogens (tertiary/aromatic N) is 1. The quantitative estimate of drug-likeness (QED) is 0.662. The number of ether oxygens (including phenoxy) is 1. The molecule has 0 aromatic carbocycles. The van der Waals surface area contributed by atoms with E-state index in [1.807, 2.05) is 0 Å². The summed E-state index contributed by atoms with van der Waals surface area (Å²) in [6.07, 6.45) is 2.89. The number of fused-ring (bicyclic) bond motifs is 1. The number of hydrogen-bond acceptors (Lipinski definition) is 2. The summed E-state index contributed by atoms with van der Waals surface area (Å²) in [7, 11) is 0. The molecular weight excluding hydrogens is 178 g/mol.